The van der Waals surface area contributed by atoms with Gasteiger partial charge in [-0.3, -0.25) is 9.59 Å². The molecule has 0 saturated heterocycles. The van der Waals surface area contributed by atoms with Gasteiger partial charge in [-0.25, -0.2) is 0 Å². The van der Waals surface area contributed by atoms with Crippen LogP contribution in [0.4, 0.5) is 18.9 Å². The molecule has 27 heavy (non-hydrogen) atoms. The fraction of sp³-hybridized carbons (Fsp3) is 0.263. The highest BCUT2D eigenvalue weighted by Gasteiger charge is 2.41. The van der Waals surface area contributed by atoms with Crippen molar-refractivity contribution >= 4 is 17.5 Å². The highest BCUT2D eigenvalue weighted by molar-refractivity contribution is 5.95. The zero-order valence-corrected chi connectivity index (χ0v) is 14.7. The van der Waals surface area contributed by atoms with Crippen molar-refractivity contribution in [3.05, 3.63) is 65.7 Å². The number of carbonyl (C=O) groups is 2. The molecule has 3 N–H and O–H groups in total. The topological polar surface area (TPSA) is 75.4 Å². The van der Waals surface area contributed by atoms with Gasteiger partial charge in [0.2, 0.25) is 5.91 Å². The molecule has 0 aliphatic rings. The van der Waals surface area contributed by atoms with Gasteiger partial charge in [0, 0.05) is 18.8 Å². The van der Waals surface area contributed by atoms with Gasteiger partial charge < -0.3 is 16.0 Å². The molecule has 1 unspecified atom stereocenters. The summed E-state index contributed by atoms with van der Waals surface area (Å²) in [7, 11) is 0. The van der Waals surface area contributed by atoms with E-state index in [1.165, 1.54) is 13.0 Å². The first kappa shape index (κ1) is 20.4. The fourth-order valence-electron chi connectivity index (χ4n) is 2.51. The highest BCUT2D eigenvalue weighted by Crippen LogP contribution is 2.21. The van der Waals surface area contributed by atoms with E-state index in [-0.39, 0.29) is 13.1 Å². The van der Waals surface area contributed by atoms with Crippen LogP contribution in [0.25, 0.3) is 0 Å². The number of halogens is 3. The van der Waals surface area contributed by atoms with Gasteiger partial charge in [-0.15, -0.1) is 0 Å². The molecule has 0 aliphatic heterocycles. The second kappa shape index (κ2) is 8.68. The van der Waals surface area contributed by atoms with E-state index in [0.29, 0.717) is 21.7 Å². The molecular formula is C19H20F3N3O2. The lowest BCUT2D eigenvalue weighted by Crippen LogP contribution is -2.40. The second-order valence-electron chi connectivity index (χ2n) is 5.90. The molecule has 2 rings (SSSR count). The molecule has 0 radical (unpaired) electrons. The first-order valence-corrected chi connectivity index (χ1v) is 8.28. The fourth-order valence-corrected chi connectivity index (χ4v) is 2.51. The molecule has 0 bridgehead atoms. The number of hydrogen-bond acceptors (Lipinski definition) is 3. The van der Waals surface area contributed by atoms with Crippen molar-refractivity contribution in [1.82, 2.24) is 4.90 Å². The van der Waals surface area contributed by atoms with Crippen LogP contribution >= 0.6 is 0 Å². The van der Waals surface area contributed by atoms with Crippen molar-refractivity contribution in [2.24, 2.45) is 5.73 Å². The smallest absolute Gasteiger partial charge is 0.331 e. The summed E-state index contributed by atoms with van der Waals surface area (Å²) >= 11 is 0. The Morgan fingerprint density at radius 1 is 1.11 bits per heavy atom. The van der Waals surface area contributed by atoms with Crippen molar-refractivity contribution in [2.75, 3.05) is 11.9 Å². The summed E-state index contributed by atoms with van der Waals surface area (Å²) in [4.78, 5) is 24.4. The number of carbonyl (C=O) groups excluding carboxylic acids is 2. The lowest BCUT2D eigenvalue weighted by Gasteiger charge is -2.22. The van der Waals surface area contributed by atoms with E-state index < -0.39 is 24.0 Å². The number of anilines is 1. The van der Waals surface area contributed by atoms with Gasteiger partial charge in [-0.1, -0.05) is 42.5 Å². The molecular weight excluding hydrogens is 359 g/mol. The average Bonchev–Trinajstić information content (AvgIpc) is 2.65. The van der Waals surface area contributed by atoms with E-state index in [0.717, 1.165) is 0 Å². The van der Waals surface area contributed by atoms with E-state index in [1.54, 1.807) is 48.5 Å². The Labute approximate surface area is 155 Å². The molecule has 2 aromatic carbocycles. The minimum Gasteiger partial charge on any atom is -0.331 e. The van der Waals surface area contributed by atoms with E-state index in [4.69, 9.17) is 5.73 Å². The van der Waals surface area contributed by atoms with Crippen LogP contribution in [-0.2, 0) is 16.1 Å². The molecule has 0 fully saturated rings. The monoisotopic (exact) mass is 379 g/mol. The summed E-state index contributed by atoms with van der Waals surface area (Å²) in [5.41, 5.74) is 7.41. The van der Waals surface area contributed by atoms with Crippen LogP contribution < -0.4 is 11.1 Å². The summed E-state index contributed by atoms with van der Waals surface area (Å²) in [5, 5.41) is 2.64. The van der Waals surface area contributed by atoms with Crippen LogP contribution in [0.3, 0.4) is 0 Å². The third-order valence-electron chi connectivity index (χ3n) is 3.92. The summed E-state index contributed by atoms with van der Waals surface area (Å²) in [6.45, 7) is 1.16. The largest absolute Gasteiger partial charge is 0.471 e. The van der Waals surface area contributed by atoms with Gasteiger partial charge in [-0.2, -0.15) is 13.2 Å². The maximum atomic E-state index is 12.6. The molecule has 0 aliphatic carbocycles. The number of rotatable bonds is 6. The molecule has 8 heteroatoms. The summed E-state index contributed by atoms with van der Waals surface area (Å²) in [6, 6.07) is 14.2. The quantitative estimate of drug-likeness (QED) is 0.809. The maximum absolute atomic E-state index is 12.6. The molecule has 2 aromatic rings. The minimum absolute atomic E-state index is 0.0895. The number of nitrogens with two attached hydrogens (primary N) is 1. The van der Waals surface area contributed by atoms with E-state index in [1.807, 2.05) is 0 Å². The second-order valence-corrected chi connectivity index (χ2v) is 5.90. The predicted molar refractivity (Wildman–Crippen MR) is 95.6 cm³/mol. The third-order valence-corrected chi connectivity index (χ3v) is 3.92. The Hall–Kier alpha value is -2.87. The first-order valence-electron chi connectivity index (χ1n) is 8.28. The van der Waals surface area contributed by atoms with E-state index in [9.17, 15) is 22.8 Å². The number of amides is 2. The molecule has 0 aromatic heterocycles. The van der Waals surface area contributed by atoms with Crippen molar-refractivity contribution in [2.45, 2.75) is 25.7 Å². The van der Waals surface area contributed by atoms with Crippen molar-refractivity contribution in [3.63, 3.8) is 0 Å². The van der Waals surface area contributed by atoms with Gasteiger partial charge in [0.25, 0.3) is 0 Å². The molecule has 1 atom stereocenters. The zero-order valence-electron chi connectivity index (χ0n) is 14.7. The molecule has 144 valence electrons. The van der Waals surface area contributed by atoms with Crippen LogP contribution in [0.1, 0.15) is 24.1 Å². The summed E-state index contributed by atoms with van der Waals surface area (Å²) < 4.78 is 37.9. The van der Waals surface area contributed by atoms with E-state index in [2.05, 4.69) is 5.32 Å². The Morgan fingerprint density at radius 2 is 1.78 bits per heavy atom. The molecule has 0 heterocycles. The predicted octanol–water partition coefficient (Wildman–Crippen LogP) is 3.24. The normalized spacial score (nSPS) is 12.3. The highest BCUT2D eigenvalue weighted by atomic mass is 19.4. The number of nitrogens with one attached hydrogen (secondary N) is 1. The van der Waals surface area contributed by atoms with Gasteiger partial charge in [0.1, 0.15) is 6.04 Å². The van der Waals surface area contributed by atoms with Crippen LogP contribution in [0.15, 0.2) is 54.6 Å². The van der Waals surface area contributed by atoms with Gasteiger partial charge >= 0.3 is 12.1 Å². The summed E-state index contributed by atoms with van der Waals surface area (Å²) in [6.07, 6.45) is -4.93. The molecule has 5 nitrogen and oxygen atoms in total. The van der Waals surface area contributed by atoms with Crippen molar-refractivity contribution in [3.8, 4) is 0 Å². The van der Waals surface area contributed by atoms with Crippen LogP contribution in [0.2, 0.25) is 0 Å². The van der Waals surface area contributed by atoms with Gasteiger partial charge in [0.15, 0.2) is 0 Å². The SMILES string of the molecule is CCN(Cc1cccc(NC(=O)C(N)c2ccccc2)c1)C(=O)C(F)(F)F. The number of nitrogens with zero attached hydrogens (tertiary/aromatic N) is 1. The van der Waals surface area contributed by atoms with Gasteiger partial charge in [0.05, 0.1) is 0 Å². The van der Waals surface area contributed by atoms with Gasteiger partial charge in [-0.05, 0) is 30.2 Å². The first-order chi connectivity index (χ1) is 12.7. The lowest BCUT2D eigenvalue weighted by molar-refractivity contribution is -0.185. The third kappa shape index (κ3) is 5.55. The van der Waals surface area contributed by atoms with Crippen LogP contribution in [0.5, 0.6) is 0 Å². The molecule has 0 saturated carbocycles. The molecule has 0 spiro atoms. The lowest BCUT2D eigenvalue weighted by atomic mass is 10.1. The van der Waals surface area contributed by atoms with Crippen LogP contribution in [-0.4, -0.2) is 29.4 Å². The standard InChI is InChI=1S/C19H20F3N3O2/c1-2-25(18(27)19(20,21)22)12-13-7-6-10-15(11-13)24-17(26)16(23)14-8-4-3-5-9-14/h3-11,16H,2,12,23H2,1H3,(H,24,26). The Kier molecular flexibility index (Phi) is 6.57. The number of alkyl halides is 3. The Bertz CT molecular complexity index is 794. The minimum atomic E-state index is -4.93. The Balaban J connectivity index is 2.08. The average molecular weight is 379 g/mol. The zero-order chi connectivity index (χ0) is 20.0. The summed E-state index contributed by atoms with van der Waals surface area (Å²) in [5.74, 6) is -2.34. The Morgan fingerprint density at radius 3 is 2.37 bits per heavy atom. The maximum Gasteiger partial charge on any atom is 0.471 e. The number of hydrogen-bond donors (Lipinski definition) is 2. The number of benzene rings is 2. The van der Waals surface area contributed by atoms with Crippen molar-refractivity contribution < 1.29 is 22.8 Å². The molecule has 2 amide bonds. The van der Waals surface area contributed by atoms with Crippen LogP contribution in [0, 0.1) is 0 Å². The van der Waals surface area contributed by atoms with E-state index >= 15 is 0 Å². The van der Waals surface area contributed by atoms with Crippen molar-refractivity contribution in [1.29, 1.82) is 0 Å².